The number of allylic oxidation sites excluding steroid dienone is 1. The molecule has 1 N–H and O–H groups in total. The lowest BCUT2D eigenvalue weighted by atomic mass is 9.79. The van der Waals surface area contributed by atoms with E-state index in [1.54, 1.807) is 12.5 Å². The molecule has 0 aromatic carbocycles. The van der Waals surface area contributed by atoms with Gasteiger partial charge in [0.1, 0.15) is 5.78 Å². The smallest absolute Gasteiger partial charge is 0.225 e. The zero-order valence-electron chi connectivity index (χ0n) is 21.5. The van der Waals surface area contributed by atoms with Crippen molar-refractivity contribution in [2.45, 2.75) is 105 Å². The number of likely N-dealkylation sites (tertiary alicyclic amines) is 1. The number of carbonyl (C=O) groups excluding carboxylic acids is 2. The molecule has 1 saturated heterocycles. The number of amides is 1. The molecule has 2 heterocycles. The Bertz CT molecular complexity index is 584. The zero-order chi connectivity index (χ0) is 23.3. The predicted molar refractivity (Wildman–Crippen MR) is 135 cm³/mol. The third kappa shape index (κ3) is 9.37. The molecule has 3 aliphatic rings. The third-order valence-electron chi connectivity index (χ3n) is 7.98. The molecule has 2 aliphatic heterocycles. The Kier molecular flexibility index (Phi) is 12.6. The van der Waals surface area contributed by atoms with Gasteiger partial charge in [-0.05, 0) is 83.1 Å². The van der Waals surface area contributed by atoms with Crippen LogP contribution in [0.3, 0.4) is 0 Å². The number of nitrogens with zero attached hydrogens (tertiary/aromatic N) is 1. The van der Waals surface area contributed by atoms with E-state index < -0.39 is 0 Å². The summed E-state index contributed by atoms with van der Waals surface area (Å²) in [6.07, 6.45) is 16.2. The minimum atomic E-state index is 0.188. The highest BCUT2D eigenvalue weighted by Gasteiger charge is 2.32. The van der Waals surface area contributed by atoms with Crippen LogP contribution in [0.15, 0.2) is 11.6 Å². The van der Waals surface area contributed by atoms with Crippen LogP contribution in [0, 0.1) is 23.7 Å². The van der Waals surface area contributed by atoms with Gasteiger partial charge >= 0.3 is 0 Å². The summed E-state index contributed by atoms with van der Waals surface area (Å²) in [5.74, 6) is 2.76. The molecule has 4 nitrogen and oxygen atoms in total. The Balaban J connectivity index is 0.000000278. The van der Waals surface area contributed by atoms with Gasteiger partial charge in [-0.15, -0.1) is 0 Å². The number of ketones is 1. The SMILES string of the molecule is CCC1=CCNCC(C)CC1.CCCCC1CCN(C(=O)C2CCC(C(C)=O)CC2)CC1. The van der Waals surface area contributed by atoms with Gasteiger partial charge in [0.05, 0.1) is 0 Å². The molecule has 1 atom stereocenters. The number of carbonyl (C=O) groups is 2. The van der Waals surface area contributed by atoms with Crippen molar-refractivity contribution in [1.82, 2.24) is 10.2 Å². The lowest BCUT2D eigenvalue weighted by molar-refractivity contribution is -0.139. The van der Waals surface area contributed by atoms with Crippen molar-refractivity contribution in [3.05, 3.63) is 11.6 Å². The molecule has 0 aromatic rings. The molecule has 184 valence electrons. The Morgan fingerprint density at radius 1 is 1.00 bits per heavy atom. The Hall–Kier alpha value is -1.16. The standard InChI is InChI=1S/C18H31NO2.C10H19N/c1-3-4-5-15-10-12-19(13-11-15)18(21)17-8-6-16(7-9-17)14(2)20;1-3-10-5-4-9(2)8-11-7-6-10/h15-17H,3-13H2,1-2H3;6,9,11H,3-5,7-8H2,1-2H3. The first-order chi connectivity index (χ1) is 15.4. The van der Waals surface area contributed by atoms with E-state index in [0.717, 1.165) is 57.2 Å². The molecule has 1 saturated carbocycles. The van der Waals surface area contributed by atoms with E-state index in [9.17, 15) is 9.59 Å². The molecule has 0 aromatic heterocycles. The lowest BCUT2D eigenvalue weighted by Crippen LogP contribution is -2.42. The van der Waals surface area contributed by atoms with Crippen molar-refractivity contribution in [3.63, 3.8) is 0 Å². The highest BCUT2D eigenvalue weighted by atomic mass is 16.2. The van der Waals surface area contributed by atoms with Crippen molar-refractivity contribution >= 4 is 11.7 Å². The fourth-order valence-corrected chi connectivity index (χ4v) is 5.44. The van der Waals surface area contributed by atoms with Crippen LogP contribution in [0.25, 0.3) is 0 Å². The van der Waals surface area contributed by atoms with Gasteiger partial charge < -0.3 is 10.2 Å². The second kappa shape index (κ2) is 14.9. The van der Waals surface area contributed by atoms with E-state index in [4.69, 9.17) is 0 Å². The summed E-state index contributed by atoms with van der Waals surface area (Å²) in [7, 11) is 0. The van der Waals surface area contributed by atoms with E-state index in [0.29, 0.717) is 11.7 Å². The highest BCUT2D eigenvalue weighted by Crippen LogP contribution is 2.32. The summed E-state index contributed by atoms with van der Waals surface area (Å²) >= 11 is 0. The number of unbranched alkanes of at least 4 members (excludes halogenated alkanes) is 1. The monoisotopic (exact) mass is 446 g/mol. The summed E-state index contributed by atoms with van der Waals surface area (Å²) in [6.45, 7) is 12.7. The zero-order valence-corrected chi connectivity index (χ0v) is 21.5. The number of piperidine rings is 1. The summed E-state index contributed by atoms with van der Waals surface area (Å²) in [6, 6.07) is 0. The van der Waals surface area contributed by atoms with Crippen LogP contribution in [0.5, 0.6) is 0 Å². The maximum atomic E-state index is 12.6. The second-order valence-electron chi connectivity index (χ2n) is 10.6. The van der Waals surface area contributed by atoms with Crippen molar-refractivity contribution in [2.24, 2.45) is 23.7 Å². The maximum Gasteiger partial charge on any atom is 0.225 e. The van der Waals surface area contributed by atoms with Crippen LogP contribution >= 0.6 is 0 Å². The Labute approximate surface area is 198 Å². The van der Waals surface area contributed by atoms with Crippen LogP contribution in [0.1, 0.15) is 105 Å². The van der Waals surface area contributed by atoms with Gasteiger partial charge in [0.15, 0.2) is 0 Å². The summed E-state index contributed by atoms with van der Waals surface area (Å²) in [5, 5.41) is 3.42. The molecular weight excluding hydrogens is 396 g/mol. The number of nitrogens with one attached hydrogen (secondary N) is 1. The average molecular weight is 447 g/mol. The molecule has 0 spiro atoms. The van der Waals surface area contributed by atoms with Crippen LogP contribution in [0.4, 0.5) is 0 Å². The van der Waals surface area contributed by atoms with E-state index in [2.05, 4.69) is 37.1 Å². The fraction of sp³-hybridized carbons (Fsp3) is 0.857. The number of hydrogen-bond donors (Lipinski definition) is 1. The largest absolute Gasteiger partial charge is 0.342 e. The maximum absolute atomic E-state index is 12.6. The lowest BCUT2D eigenvalue weighted by Gasteiger charge is -2.36. The predicted octanol–water partition coefficient (Wildman–Crippen LogP) is 6.15. The molecular formula is C28H50N2O2. The van der Waals surface area contributed by atoms with Crippen molar-refractivity contribution in [2.75, 3.05) is 26.2 Å². The normalized spacial score (nSPS) is 27.4. The van der Waals surface area contributed by atoms with Gasteiger partial charge in [-0.1, -0.05) is 51.7 Å². The van der Waals surface area contributed by atoms with Crippen LogP contribution in [-0.2, 0) is 9.59 Å². The van der Waals surface area contributed by atoms with E-state index in [1.807, 2.05) is 0 Å². The minimum absolute atomic E-state index is 0.188. The van der Waals surface area contributed by atoms with E-state index in [1.165, 1.54) is 57.9 Å². The van der Waals surface area contributed by atoms with Gasteiger partial charge in [0.2, 0.25) is 5.91 Å². The van der Waals surface area contributed by atoms with Crippen molar-refractivity contribution < 1.29 is 9.59 Å². The van der Waals surface area contributed by atoms with Crippen molar-refractivity contribution in [3.8, 4) is 0 Å². The number of Topliss-reactive ketones (excluding diaryl/α,β-unsaturated/α-hetero) is 1. The molecule has 32 heavy (non-hydrogen) atoms. The van der Waals surface area contributed by atoms with Gasteiger partial charge in [0.25, 0.3) is 0 Å². The third-order valence-corrected chi connectivity index (χ3v) is 7.98. The molecule has 1 unspecified atom stereocenters. The number of hydrogen-bond acceptors (Lipinski definition) is 3. The Morgan fingerprint density at radius 3 is 2.25 bits per heavy atom. The molecule has 4 heteroatoms. The van der Waals surface area contributed by atoms with Crippen LogP contribution in [0.2, 0.25) is 0 Å². The second-order valence-corrected chi connectivity index (χ2v) is 10.6. The molecule has 1 aliphatic carbocycles. The first-order valence-corrected chi connectivity index (χ1v) is 13.6. The highest BCUT2D eigenvalue weighted by molar-refractivity contribution is 5.81. The summed E-state index contributed by atoms with van der Waals surface area (Å²) < 4.78 is 0. The fourth-order valence-electron chi connectivity index (χ4n) is 5.44. The van der Waals surface area contributed by atoms with Gasteiger partial charge in [-0.3, -0.25) is 9.59 Å². The van der Waals surface area contributed by atoms with Crippen LogP contribution < -0.4 is 5.32 Å². The Morgan fingerprint density at radius 2 is 1.66 bits per heavy atom. The molecule has 3 rings (SSSR count). The van der Waals surface area contributed by atoms with Crippen molar-refractivity contribution in [1.29, 1.82) is 0 Å². The molecule has 2 fully saturated rings. The summed E-state index contributed by atoms with van der Waals surface area (Å²) in [4.78, 5) is 26.1. The van der Waals surface area contributed by atoms with E-state index >= 15 is 0 Å². The first kappa shape index (κ1) is 27.1. The minimum Gasteiger partial charge on any atom is -0.342 e. The average Bonchev–Trinajstić information content (AvgIpc) is 2.81. The van der Waals surface area contributed by atoms with Gasteiger partial charge in [-0.2, -0.15) is 0 Å². The quantitative estimate of drug-likeness (QED) is 0.498. The molecule has 1 amide bonds. The first-order valence-electron chi connectivity index (χ1n) is 13.6. The molecule has 0 bridgehead atoms. The molecule has 0 radical (unpaired) electrons. The van der Waals surface area contributed by atoms with Gasteiger partial charge in [-0.25, -0.2) is 0 Å². The topological polar surface area (TPSA) is 49.4 Å². The van der Waals surface area contributed by atoms with Crippen LogP contribution in [-0.4, -0.2) is 42.8 Å². The van der Waals surface area contributed by atoms with E-state index in [-0.39, 0.29) is 11.8 Å². The number of rotatable bonds is 6. The summed E-state index contributed by atoms with van der Waals surface area (Å²) in [5.41, 5.74) is 1.63. The van der Waals surface area contributed by atoms with Gasteiger partial charge in [0, 0.05) is 31.5 Å².